The van der Waals surface area contributed by atoms with E-state index in [1.54, 1.807) is 0 Å². The Morgan fingerprint density at radius 1 is 1.10 bits per heavy atom. The summed E-state index contributed by atoms with van der Waals surface area (Å²) in [7, 11) is 0. The minimum Gasteiger partial charge on any atom is -0.394 e. The molecule has 2 fully saturated rings. The highest BCUT2D eigenvalue weighted by Gasteiger charge is 2.27. The Labute approximate surface area is 129 Å². The first-order valence-electron chi connectivity index (χ1n) is 8.56. The van der Waals surface area contributed by atoms with E-state index in [2.05, 4.69) is 29.0 Å². The molecule has 0 saturated carbocycles. The second-order valence-corrected chi connectivity index (χ2v) is 6.79. The zero-order valence-corrected chi connectivity index (χ0v) is 13.8. The zero-order valence-electron chi connectivity index (χ0n) is 13.8. The Morgan fingerprint density at radius 2 is 1.67 bits per heavy atom. The molecule has 21 heavy (non-hydrogen) atoms. The molecular formula is C16H33N3O2. The summed E-state index contributed by atoms with van der Waals surface area (Å²) in [6.45, 7) is 13.1. The highest BCUT2D eigenvalue weighted by Crippen LogP contribution is 2.16. The largest absolute Gasteiger partial charge is 0.394 e. The molecule has 2 N–H and O–H groups in total. The van der Waals surface area contributed by atoms with Crippen molar-refractivity contribution in [1.29, 1.82) is 0 Å². The minimum absolute atomic E-state index is 0.110. The number of nitrogens with one attached hydrogen (secondary N) is 1. The summed E-state index contributed by atoms with van der Waals surface area (Å²) in [6.07, 6.45) is 3.36. The minimum atomic E-state index is -0.110. The maximum Gasteiger partial charge on any atom is 0.0610 e. The van der Waals surface area contributed by atoms with Crippen LogP contribution < -0.4 is 5.32 Å². The third kappa shape index (κ3) is 5.49. The summed E-state index contributed by atoms with van der Waals surface area (Å²) in [6, 6.07) is 0.557. The average molecular weight is 299 g/mol. The van der Waals surface area contributed by atoms with Crippen LogP contribution in [0.1, 0.15) is 33.1 Å². The van der Waals surface area contributed by atoms with Crippen molar-refractivity contribution in [3.63, 3.8) is 0 Å². The normalized spacial score (nSPS) is 25.9. The Morgan fingerprint density at radius 3 is 2.19 bits per heavy atom. The molecule has 2 saturated heterocycles. The van der Waals surface area contributed by atoms with Gasteiger partial charge >= 0.3 is 0 Å². The third-order valence-corrected chi connectivity index (χ3v) is 5.11. The second-order valence-electron chi connectivity index (χ2n) is 6.79. The average Bonchev–Trinajstić information content (AvgIpc) is 2.55. The third-order valence-electron chi connectivity index (χ3n) is 5.11. The van der Waals surface area contributed by atoms with Gasteiger partial charge in [0.15, 0.2) is 0 Å². The van der Waals surface area contributed by atoms with Crippen LogP contribution in [0.25, 0.3) is 0 Å². The molecule has 2 aliphatic heterocycles. The zero-order chi connectivity index (χ0) is 15.1. The summed E-state index contributed by atoms with van der Waals surface area (Å²) < 4.78 is 5.39. The molecule has 0 aromatic rings. The van der Waals surface area contributed by atoms with Gasteiger partial charge in [-0.1, -0.05) is 6.92 Å². The molecule has 0 bridgehead atoms. The molecule has 0 spiro atoms. The lowest BCUT2D eigenvalue weighted by molar-refractivity contribution is 0.0313. The molecule has 0 aliphatic carbocycles. The van der Waals surface area contributed by atoms with Gasteiger partial charge in [0.1, 0.15) is 0 Å². The van der Waals surface area contributed by atoms with E-state index in [-0.39, 0.29) is 12.1 Å². The fourth-order valence-electron chi connectivity index (χ4n) is 3.16. The Kier molecular flexibility index (Phi) is 6.89. The van der Waals surface area contributed by atoms with Crippen LogP contribution in [0.5, 0.6) is 0 Å². The molecule has 2 rings (SSSR count). The van der Waals surface area contributed by atoms with Crippen molar-refractivity contribution in [2.75, 3.05) is 59.1 Å². The lowest BCUT2D eigenvalue weighted by Crippen LogP contribution is -2.54. The predicted octanol–water partition coefficient (Wildman–Crippen LogP) is 0.534. The molecule has 1 atom stereocenters. The van der Waals surface area contributed by atoms with Crippen LogP contribution in [0, 0.1) is 0 Å². The van der Waals surface area contributed by atoms with Gasteiger partial charge in [-0.25, -0.2) is 0 Å². The molecule has 1 unspecified atom stereocenters. The van der Waals surface area contributed by atoms with Gasteiger partial charge in [-0.3, -0.25) is 4.90 Å². The van der Waals surface area contributed by atoms with Crippen molar-refractivity contribution in [1.82, 2.24) is 15.1 Å². The van der Waals surface area contributed by atoms with E-state index >= 15 is 0 Å². The summed E-state index contributed by atoms with van der Waals surface area (Å²) in [5.74, 6) is 0. The van der Waals surface area contributed by atoms with E-state index in [9.17, 15) is 5.11 Å². The fourth-order valence-corrected chi connectivity index (χ4v) is 3.16. The van der Waals surface area contributed by atoms with Crippen molar-refractivity contribution in [3.8, 4) is 0 Å². The Hall–Kier alpha value is -0.200. The molecule has 2 aliphatic rings. The van der Waals surface area contributed by atoms with Gasteiger partial charge in [0.25, 0.3) is 0 Å². The van der Waals surface area contributed by atoms with Crippen molar-refractivity contribution < 1.29 is 9.84 Å². The van der Waals surface area contributed by atoms with Gasteiger partial charge in [0.2, 0.25) is 0 Å². The van der Waals surface area contributed by atoms with Crippen LogP contribution in [-0.2, 0) is 4.74 Å². The molecule has 0 radical (unpaired) electrons. The lowest BCUT2D eigenvalue weighted by Gasteiger charge is -2.39. The molecule has 5 nitrogen and oxygen atoms in total. The van der Waals surface area contributed by atoms with Crippen LogP contribution in [0.3, 0.4) is 0 Å². The van der Waals surface area contributed by atoms with E-state index < -0.39 is 0 Å². The number of ether oxygens (including phenoxy) is 1. The maximum atomic E-state index is 9.51. The first-order valence-corrected chi connectivity index (χ1v) is 8.56. The summed E-state index contributed by atoms with van der Waals surface area (Å²) in [5.41, 5.74) is -0.110. The highest BCUT2D eigenvalue weighted by molar-refractivity contribution is 4.87. The summed E-state index contributed by atoms with van der Waals surface area (Å²) in [5, 5.41) is 13.2. The Balaban J connectivity index is 1.63. The van der Waals surface area contributed by atoms with Gasteiger partial charge in [-0.05, 0) is 39.3 Å². The van der Waals surface area contributed by atoms with Crippen LogP contribution in [0.15, 0.2) is 0 Å². The van der Waals surface area contributed by atoms with Crippen molar-refractivity contribution >= 4 is 0 Å². The van der Waals surface area contributed by atoms with Gasteiger partial charge in [-0.15, -0.1) is 0 Å². The van der Waals surface area contributed by atoms with E-state index in [1.807, 2.05) is 0 Å². The molecule has 0 aromatic heterocycles. The van der Waals surface area contributed by atoms with Crippen molar-refractivity contribution in [3.05, 3.63) is 0 Å². The number of likely N-dealkylation sites (tertiary alicyclic amines) is 1. The number of nitrogens with zero attached hydrogens (tertiary/aromatic N) is 2. The van der Waals surface area contributed by atoms with Gasteiger partial charge < -0.3 is 20.1 Å². The first kappa shape index (κ1) is 17.2. The van der Waals surface area contributed by atoms with E-state index in [4.69, 9.17) is 4.74 Å². The quantitative estimate of drug-likeness (QED) is 0.718. The monoisotopic (exact) mass is 299 g/mol. The van der Waals surface area contributed by atoms with E-state index in [0.29, 0.717) is 6.04 Å². The number of aliphatic hydroxyl groups is 1. The SMILES string of the molecule is CCC(C)(CO)NC1CCN(CCN2CCOCC2)CC1. The molecule has 124 valence electrons. The summed E-state index contributed by atoms with van der Waals surface area (Å²) >= 11 is 0. The number of rotatable bonds is 7. The number of hydrogen-bond donors (Lipinski definition) is 2. The highest BCUT2D eigenvalue weighted by atomic mass is 16.5. The number of aliphatic hydroxyl groups excluding tert-OH is 1. The Bertz CT molecular complexity index is 283. The molecule has 2 heterocycles. The number of hydrogen-bond acceptors (Lipinski definition) is 5. The molecule has 5 heteroatoms. The van der Waals surface area contributed by atoms with Crippen LogP contribution in [0.4, 0.5) is 0 Å². The topological polar surface area (TPSA) is 48.0 Å². The first-order chi connectivity index (χ1) is 10.1. The second kappa shape index (κ2) is 8.44. The molecule has 0 amide bonds. The lowest BCUT2D eigenvalue weighted by atomic mass is 9.95. The van der Waals surface area contributed by atoms with Crippen molar-refractivity contribution in [2.24, 2.45) is 0 Å². The van der Waals surface area contributed by atoms with Gasteiger partial charge in [-0.2, -0.15) is 0 Å². The molecular weight excluding hydrogens is 266 g/mol. The predicted molar refractivity (Wildman–Crippen MR) is 85.6 cm³/mol. The smallest absolute Gasteiger partial charge is 0.0610 e. The van der Waals surface area contributed by atoms with Crippen molar-refractivity contribution in [2.45, 2.75) is 44.7 Å². The maximum absolute atomic E-state index is 9.51. The van der Waals surface area contributed by atoms with E-state index in [1.165, 1.54) is 39.0 Å². The van der Waals surface area contributed by atoms with E-state index in [0.717, 1.165) is 32.7 Å². The van der Waals surface area contributed by atoms with Crippen LogP contribution in [-0.4, -0.2) is 85.6 Å². The standard InChI is InChI=1S/C16H33N3O2/c1-3-16(2,14-20)17-15-4-6-18(7-5-15)8-9-19-10-12-21-13-11-19/h15,17,20H,3-14H2,1-2H3. The van der Waals surface area contributed by atoms with Crippen LogP contribution >= 0.6 is 0 Å². The van der Waals surface area contributed by atoms with Gasteiger partial charge in [0, 0.05) is 37.8 Å². The summed E-state index contributed by atoms with van der Waals surface area (Å²) in [4.78, 5) is 5.09. The fraction of sp³-hybridized carbons (Fsp3) is 1.00. The molecule has 0 aromatic carbocycles. The number of morpholine rings is 1. The van der Waals surface area contributed by atoms with Crippen LogP contribution in [0.2, 0.25) is 0 Å². The number of piperidine rings is 1. The van der Waals surface area contributed by atoms with Gasteiger partial charge in [0.05, 0.1) is 19.8 Å².